The lowest BCUT2D eigenvalue weighted by Gasteiger charge is -2.27. The van der Waals surface area contributed by atoms with Crippen molar-refractivity contribution in [2.24, 2.45) is 5.92 Å². The second kappa shape index (κ2) is 11.0. The first-order chi connectivity index (χ1) is 16.7. The van der Waals surface area contributed by atoms with E-state index in [0.717, 1.165) is 16.8 Å². The lowest BCUT2D eigenvalue weighted by Crippen LogP contribution is -2.34. The van der Waals surface area contributed by atoms with Gasteiger partial charge in [-0.2, -0.15) is 18.3 Å². The fourth-order valence-corrected chi connectivity index (χ4v) is 5.86. The van der Waals surface area contributed by atoms with Gasteiger partial charge in [-0.3, -0.25) is 9.48 Å². The minimum atomic E-state index is -4.47. The summed E-state index contributed by atoms with van der Waals surface area (Å²) >= 11 is 6.34. The zero-order valence-corrected chi connectivity index (χ0v) is 21.3. The maximum Gasteiger partial charge on any atom is 0.389 e. The van der Waals surface area contributed by atoms with E-state index in [1.54, 1.807) is 6.92 Å². The summed E-state index contributed by atoms with van der Waals surface area (Å²) in [6.45, 7) is 2.01. The highest BCUT2D eigenvalue weighted by atomic mass is 35.5. The van der Waals surface area contributed by atoms with Crippen molar-refractivity contribution in [1.29, 1.82) is 0 Å². The molecule has 1 aliphatic carbocycles. The first-order valence-corrected chi connectivity index (χ1v) is 13.8. The standard InChI is InChI=1S/C23H27ClF5N3O3S/c1-3-32-21(18-16(25)10-14(11-17(18)26)8-9-23(27,28)29)19(24)20(31-32)22(33)30-12-13-4-6-15(7-5-13)36(2,34)35/h10-11,13,15H,3-9,12H2,1-2H3,(H,30,33). The molecule has 3 rings (SSSR count). The molecule has 1 aromatic heterocycles. The van der Waals surface area contributed by atoms with Crippen molar-refractivity contribution in [3.63, 3.8) is 0 Å². The second-order valence-electron chi connectivity index (χ2n) is 9.06. The maximum atomic E-state index is 14.9. The molecule has 1 fully saturated rings. The highest BCUT2D eigenvalue weighted by molar-refractivity contribution is 7.91. The molecule has 13 heteroatoms. The van der Waals surface area contributed by atoms with Gasteiger partial charge in [0.25, 0.3) is 5.91 Å². The Morgan fingerprint density at radius 3 is 2.25 bits per heavy atom. The van der Waals surface area contributed by atoms with Gasteiger partial charge in [-0.1, -0.05) is 11.6 Å². The Morgan fingerprint density at radius 2 is 1.75 bits per heavy atom. The summed E-state index contributed by atoms with van der Waals surface area (Å²) in [6, 6.07) is 1.64. The monoisotopic (exact) mass is 555 g/mol. The van der Waals surface area contributed by atoms with Crippen LogP contribution in [0.25, 0.3) is 11.3 Å². The zero-order valence-electron chi connectivity index (χ0n) is 19.8. The van der Waals surface area contributed by atoms with Gasteiger partial charge in [0.2, 0.25) is 0 Å². The number of nitrogens with zero attached hydrogens (tertiary/aromatic N) is 2. The Morgan fingerprint density at radius 1 is 1.17 bits per heavy atom. The van der Waals surface area contributed by atoms with E-state index in [0.29, 0.717) is 25.7 Å². The lowest BCUT2D eigenvalue weighted by atomic mass is 9.89. The number of rotatable bonds is 8. The minimum Gasteiger partial charge on any atom is -0.350 e. The van der Waals surface area contributed by atoms with E-state index in [1.165, 1.54) is 6.26 Å². The third-order valence-electron chi connectivity index (χ3n) is 6.40. The van der Waals surface area contributed by atoms with E-state index in [2.05, 4.69) is 10.4 Å². The number of benzene rings is 1. The van der Waals surface area contributed by atoms with Crippen LogP contribution in [-0.2, 0) is 22.8 Å². The Kier molecular flexibility index (Phi) is 8.70. The van der Waals surface area contributed by atoms with Crippen LogP contribution in [-0.4, -0.2) is 48.3 Å². The molecule has 0 saturated heterocycles. The molecule has 0 spiro atoms. The molecule has 0 atom stereocenters. The smallest absolute Gasteiger partial charge is 0.350 e. The van der Waals surface area contributed by atoms with Gasteiger partial charge < -0.3 is 5.32 Å². The van der Waals surface area contributed by atoms with Crippen molar-refractivity contribution < 1.29 is 35.2 Å². The van der Waals surface area contributed by atoms with Crippen molar-refractivity contribution in [2.45, 2.75) is 63.4 Å². The average molecular weight is 556 g/mol. The van der Waals surface area contributed by atoms with Crippen LogP contribution in [0.4, 0.5) is 22.0 Å². The van der Waals surface area contributed by atoms with E-state index in [1.807, 2.05) is 0 Å². The maximum absolute atomic E-state index is 14.9. The van der Waals surface area contributed by atoms with Crippen LogP contribution in [0.2, 0.25) is 5.02 Å². The Labute approximate surface area is 211 Å². The number of sulfone groups is 1. The molecule has 1 saturated carbocycles. The van der Waals surface area contributed by atoms with Crippen LogP contribution in [0.1, 0.15) is 55.1 Å². The van der Waals surface area contributed by atoms with Gasteiger partial charge in [-0.05, 0) is 62.6 Å². The molecule has 6 nitrogen and oxygen atoms in total. The number of carbonyl (C=O) groups is 1. The Balaban J connectivity index is 1.77. The number of nitrogens with one attached hydrogen (secondary N) is 1. The van der Waals surface area contributed by atoms with E-state index in [9.17, 15) is 35.2 Å². The second-order valence-corrected chi connectivity index (χ2v) is 11.8. The molecule has 0 aliphatic heterocycles. The number of aromatic nitrogens is 2. The van der Waals surface area contributed by atoms with Crippen LogP contribution < -0.4 is 5.32 Å². The summed E-state index contributed by atoms with van der Waals surface area (Å²) in [7, 11) is -3.11. The van der Waals surface area contributed by atoms with Gasteiger partial charge >= 0.3 is 6.18 Å². The zero-order chi connectivity index (χ0) is 26.8. The van der Waals surface area contributed by atoms with Gasteiger partial charge in [0.15, 0.2) is 5.69 Å². The van der Waals surface area contributed by atoms with Gasteiger partial charge in [0.05, 0.1) is 21.5 Å². The summed E-state index contributed by atoms with van der Waals surface area (Å²) in [5.41, 5.74) is -1.16. The number of alkyl halides is 3. The van der Waals surface area contributed by atoms with E-state index in [4.69, 9.17) is 11.6 Å². The van der Waals surface area contributed by atoms with Crippen molar-refractivity contribution in [1.82, 2.24) is 15.1 Å². The number of hydrogen-bond acceptors (Lipinski definition) is 4. The third-order valence-corrected chi connectivity index (χ3v) is 8.44. The van der Waals surface area contributed by atoms with Gasteiger partial charge in [0, 0.05) is 25.8 Å². The predicted octanol–water partition coefficient (Wildman–Crippen LogP) is 5.33. The number of halogens is 6. The molecule has 1 aromatic carbocycles. The number of amides is 1. The summed E-state index contributed by atoms with van der Waals surface area (Å²) in [5, 5.41) is 6.14. The fourth-order valence-electron chi connectivity index (χ4n) is 4.42. The van der Waals surface area contributed by atoms with Gasteiger partial charge in [-0.25, -0.2) is 17.2 Å². The van der Waals surface area contributed by atoms with E-state index < -0.39 is 52.0 Å². The molecule has 1 aliphatic rings. The highest BCUT2D eigenvalue weighted by Gasteiger charge is 2.31. The number of aryl methyl sites for hydroxylation is 2. The predicted molar refractivity (Wildman–Crippen MR) is 126 cm³/mol. The highest BCUT2D eigenvalue weighted by Crippen LogP contribution is 2.36. The third kappa shape index (κ3) is 6.76. The lowest BCUT2D eigenvalue weighted by molar-refractivity contribution is -0.134. The van der Waals surface area contributed by atoms with Gasteiger partial charge in [-0.15, -0.1) is 0 Å². The van der Waals surface area contributed by atoms with Crippen molar-refractivity contribution in [3.05, 3.63) is 40.0 Å². The Bertz CT molecular complexity index is 1200. The molecular weight excluding hydrogens is 529 g/mol. The average Bonchev–Trinajstić information content (AvgIpc) is 3.11. The molecule has 200 valence electrons. The normalized spacial score (nSPS) is 18.9. The fraction of sp³-hybridized carbons (Fsp3) is 0.565. The SMILES string of the molecule is CCn1nc(C(=O)NCC2CCC(S(C)(=O)=O)CC2)c(Cl)c1-c1c(F)cc(CCC(F)(F)F)cc1F. The van der Waals surface area contributed by atoms with Gasteiger partial charge in [0.1, 0.15) is 21.5 Å². The summed E-state index contributed by atoms with van der Waals surface area (Å²) < 4.78 is 91.8. The molecule has 2 aromatic rings. The summed E-state index contributed by atoms with van der Waals surface area (Å²) in [4.78, 5) is 12.8. The van der Waals surface area contributed by atoms with E-state index in [-0.39, 0.29) is 46.2 Å². The molecular formula is C23H27ClF5N3O3S. The first kappa shape index (κ1) is 28.4. The molecule has 36 heavy (non-hydrogen) atoms. The van der Waals surface area contributed by atoms with Crippen molar-refractivity contribution >= 4 is 27.3 Å². The molecule has 1 amide bonds. The molecule has 1 heterocycles. The molecule has 0 bridgehead atoms. The molecule has 0 unspecified atom stereocenters. The van der Waals surface area contributed by atoms with Crippen LogP contribution in [0.5, 0.6) is 0 Å². The van der Waals surface area contributed by atoms with Crippen LogP contribution in [0, 0.1) is 17.6 Å². The van der Waals surface area contributed by atoms with Crippen LogP contribution >= 0.6 is 11.6 Å². The number of carbonyl (C=O) groups excluding carboxylic acids is 1. The topological polar surface area (TPSA) is 81.1 Å². The molecule has 1 N–H and O–H groups in total. The van der Waals surface area contributed by atoms with Crippen molar-refractivity contribution in [2.75, 3.05) is 12.8 Å². The number of hydrogen-bond donors (Lipinski definition) is 1. The quantitative estimate of drug-likeness (QED) is 0.447. The largest absolute Gasteiger partial charge is 0.389 e. The van der Waals surface area contributed by atoms with Crippen LogP contribution in [0.15, 0.2) is 12.1 Å². The minimum absolute atomic E-state index is 0.0672. The summed E-state index contributed by atoms with van der Waals surface area (Å²) in [5.74, 6) is -2.81. The van der Waals surface area contributed by atoms with Crippen molar-refractivity contribution in [3.8, 4) is 11.3 Å². The molecule has 0 radical (unpaired) electrons. The van der Waals surface area contributed by atoms with Crippen LogP contribution in [0.3, 0.4) is 0 Å². The van der Waals surface area contributed by atoms with E-state index >= 15 is 0 Å². The first-order valence-electron chi connectivity index (χ1n) is 11.5. The Hall–Kier alpha value is -2.21. The summed E-state index contributed by atoms with van der Waals surface area (Å²) in [6.07, 6.45) is -2.80.